The van der Waals surface area contributed by atoms with Crippen molar-refractivity contribution in [2.24, 2.45) is 5.92 Å². The largest absolute Gasteiger partial charge is 0.508 e. The van der Waals surface area contributed by atoms with Crippen LogP contribution in [0.5, 0.6) is 17.2 Å². The summed E-state index contributed by atoms with van der Waals surface area (Å²) in [6.07, 6.45) is -3.94. The summed E-state index contributed by atoms with van der Waals surface area (Å²) < 4.78 is 48.9. The van der Waals surface area contributed by atoms with Crippen molar-refractivity contribution >= 4 is 33.2 Å². The Morgan fingerprint density at radius 3 is 2.38 bits per heavy atom. The maximum Gasteiger partial charge on any atom is 0.491 e. The number of carbonyl (C=O) groups excluding carboxylic acids is 2. The van der Waals surface area contributed by atoms with Gasteiger partial charge in [-0.2, -0.15) is 13.2 Å². The highest BCUT2D eigenvalue weighted by Gasteiger charge is 2.41. The zero-order valence-corrected chi connectivity index (χ0v) is 22.3. The number of aromatic hydroxyl groups is 1. The second-order valence-corrected chi connectivity index (χ2v) is 10.8. The molecular weight excluding hydrogens is 543 g/mol. The number of fused-ring (bicyclic) bond motifs is 1. The molecule has 1 atom stereocenters. The first-order chi connectivity index (χ1) is 19.1. The van der Waals surface area contributed by atoms with E-state index in [1.54, 1.807) is 36.4 Å². The lowest BCUT2D eigenvalue weighted by molar-refractivity contribution is -0.189. The molecule has 2 heterocycles. The average molecular weight is 570 g/mol. The van der Waals surface area contributed by atoms with Crippen molar-refractivity contribution < 1.29 is 37.3 Å². The Morgan fingerprint density at radius 2 is 1.73 bits per heavy atom. The minimum atomic E-state index is -5.13. The van der Waals surface area contributed by atoms with Gasteiger partial charge in [-0.3, -0.25) is 9.69 Å². The molecular formula is C30H26F3NO5S. The number of carbonyl (C=O) groups is 2. The Labute approximate surface area is 232 Å². The highest BCUT2D eigenvalue weighted by molar-refractivity contribution is 7.22. The van der Waals surface area contributed by atoms with Crippen LogP contribution in [0.4, 0.5) is 13.2 Å². The Hall–Kier alpha value is -3.89. The van der Waals surface area contributed by atoms with Gasteiger partial charge in [-0.15, -0.1) is 11.3 Å². The van der Waals surface area contributed by atoms with Crippen molar-refractivity contribution in [2.75, 3.05) is 26.2 Å². The Kier molecular flexibility index (Phi) is 7.82. The molecule has 5 rings (SSSR count). The number of phenolic OH excluding ortho intramolecular Hbond substituents is 1. The number of ketones is 1. The Balaban J connectivity index is 1.42. The number of hydrogen-bond donors (Lipinski definition) is 1. The number of likely N-dealkylation sites (tertiary alicyclic amines) is 1. The molecule has 1 aliphatic rings. The van der Waals surface area contributed by atoms with Crippen LogP contribution in [0, 0.1) is 5.92 Å². The molecule has 1 aromatic heterocycles. The summed E-state index contributed by atoms with van der Waals surface area (Å²) in [7, 11) is 0. The van der Waals surface area contributed by atoms with E-state index in [0.717, 1.165) is 19.6 Å². The SMILES string of the molecule is CC1CCN(CCOc2ccc(C(=O)c3c(-c4ccc(O)cc4)sc4cc(OC(=O)C(F)(F)F)ccc34)cc2)C1. The lowest BCUT2D eigenvalue weighted by atomic mass is 9.97. The van der Waals surface area contributed by atoms with Crippen LogP contribution in [0.2, 0.25) is 0 Å². The fourth-order valence-electron chi connectivity index (χ4n) is 4.72. The van der Waals surface area contributed by atoms with E-state index in [1.165, 1.54) is 48.1 Å². The third-order valence-corrected chi connectivity index (χ3v) is 7.96. The standard InChI is InChI=1S/C30H26F3NO5S/c1-18-12-13-34(17-18)14-15-38-22-8-4-19(5-9-22)27(36)26-24-11-10-23(39-29(37)30(31,32)33)16-25(24)40-28(26)20-2-6-21(35)7-3-20/h2-11,16,18,35H,12-15,17H2,1H3. The van der Waals surface area contributed by atoms with Crippen LogP contribution in [0.3, 0.4) is 0 Å². The first-order valence-corrected chi connectivity index (χ1v) is 13.5. The summed E-state index contributed by atoms with van der Waals surface area (Å²) in [5.74, 6) is -1.49. The third kappa shape index (κ3) is 6.13. The molecule has 0 saturated carbocycles. The molecule has 1 unspecified atom stereocenters. The van der Waals surface area contributed by atoms with Crippen LogP contribution >= 0.6 is 11.3 Å². The predicted molar refractivity (Wildman–Crippen MR) is 146 cm³/mol. The molecule has 0 spiro atoms. The fourth-order valence-corrected chi connectivity index (χ4v) is 5.95. The first-order valence-electron chi connectivity index (χ1n) is 12.7. The van der Waals surface area contributed by atoms with E-state index in [2.05, 4.69) is 16.6 Å². The van der Waals surface area contributed by atoms with Crippen molar-refractivity contribution in [3.8, 4) is 27.7 Å². The number of phenols is 1. The number of benzene rings is 3. The van der Waals surface area contributed by atoms with Gasteiger partial charge in [0.2, 0.25) is 0 Å². The topological polar surface area (TPSA) is 76.1 Å². The highest BCUT2D eigenvalue weighted by Crippen LogP contribution is 2.42. The van der Waals surface area contributed by atoms with Crippen LogP contribution in [-0.4, -0.2) is 54.2 Å². The van der Waals surface area contributed by atoms with Crippen LogP contribution in [0.25, 0.3) is 20.5 Å². The van der Waals surface area contributed by atoms with Gasteiger partial charge in [0.25, 0.3) is 0 Å². The fraction of sp³-hybridized carbons (Fsp3) is 0.267. The van der Waals surface area contributed by atoms with Crippen molar-refractivity contribution in [1.82, 2.24) is 4.90 Å². The smallest absolute Gasteiger partial charge is 0.491 e. The highest BCUT2D eigenvalue weighted by atomic mass is 32.1. The van der Waals surface area contributed by atoms with Crippen molar-refractivity contribution in [1.29, 1.82) is 0 Å². The van der Waals surface area contributed by atoms with Crippen molar-refractivity contribution in [2.45, 2.75) is 19.5 Å². The molecule has 1 aliphatic heterocycles. The molecule has 1 saturated heterocycles. The first kappa shape index (κ1) is 27.7. The minimum Gasteiger partial charge on any atom is -0.508 e. The van der Waals surface area contributed by atoms with E-state index >= 15 is 0 Å². The molecule has 40 heavy (non-hydrogen) atoms. The van der Waals surface area contributed by atoms with E-state index in [4.69, 9.17) is 4.74 Å². The van der Waals surface area contributed by atoms with Gasteiger partial charge >= 0.3 is 12.1 Å². The number of hydrogen-bond acceptors (Lipinski definition) is 7. The van der Waals surface area contributed by atoms with Crippen LogP contribution in [0.1, 0.15) is 29.3 Å². The lowest BCUT2D eigenvalue weighted by Gasteiger charge is -2.15. The van der Waals surface area contributed by atoms with Gasteiger partial charge in [0.1, 0.15) is 23.9 Å². The van der Waals surface area contributed by atoms with Gasteiger partial charge in [0.15, 0.2) is 5.78 Å². The van der Waals surface area contributed by atoms with Gasteiger partial charge in [-0.1, -0.05) is 6.92 Å². The summed E-state index contributed by atoms with van der Waals surface area (Å²) in [6.45, 7) is 5.76. The maximum absolute atomic E-state index is 13.8. The number of rotatable bonds is 8. The molecule has 3 aromatic carbocycles. The minimum absolute atomic E-state index is 0.0499. The Bertz CT molecular complexity index is 1530. The Morgan fingerprint density at radius 1 is 1.02 bits per heavy atom. The van der Waals surface area contributed by atoms with E-state index < -0.39 is 12.1 Å². The molecule has 208 valence electrons. The number of thiophene rings is 1. The van der Waals surface area contributed by atoms with Gasteiger partial charge in [-0.25, -0.2) is 4.79 Å². The second-order valence-electron chi connectivity index (χ2n) is 9.79. The number of halogens is 3. The molecule has 6 nitrogen and oxygen atoms in total. The molecule has 0 aliphatic carbocycles. The van der Waals surface area contributed by atoms with Crippen LogP contribution in [-0.2, 0) is 4.79 Å². The van der Waals surface area contributed by atoms with Gasteiger partial charge in [-0.05, 0) is 91.2 Å². The molecule has 0 amide bonds. The normalized spacial score (nSPS) is 15.8. The predicted octanol–water partition coefficient (Wildman–Crippen LogP) is 6.69. The summed E-state index contributed by atoms with van der Waals surface area (Å²) in [5.41, 5.74) is 1.41. The number of esters is 1. The molecule has 0 radical (unpaired) electrons. The zero-order valence-electron chi connectivity index (χ0n) is 21.5. The van der Waals surface area contributed by atoms with Crippen molar-refractivity contribution in [3.05, 3.63) is 77.9 Å². The second kappa shape index (κ2) is 11.3. The summed E-state index contributed by atoms with van der Waals surface area (Å²) in [4.78, 5) is 28.0. The van der Waals surface area contributed by atoms with E-state index in [0.29, 0.717) is 49.9 Å². The number of ether oxygens (including phenoxy) is 2. The molecule has 1 N–H and O–H groups in total. The molecule has 0 bridgehead atoms. The average Bonchev–Trinajstić information content (AvgIpc) is 3.51. The monoisotopic (exact) mass is 569 g/mol. The molecule has 10 heteroatoms. The molecule has 4 aromatic rings. The van der Waals surface area contributed by atoms with Crippen LogP contribution < -0.4 is 9.47 Å². The van der Waals surface area contributed by atoms with E-state index in [1.807, 2.05) is 0 Å². The van der Waals surface area contributed by atoms with Crippen molar-refractivity contribution in [3.63, 3.8) is 0 Å². The quantitative estimate of drug-likeness (QED) is 0.145. The summed E-state index contributed by atoms with van der Waals surface area (Å²) >= 11 is 1.18. The van der Waals surface area contributed by atoms with E-state index in [9.17, 15) is 27.9 Å². The maximum atomic E-state index is 13.8. The van der Waals surface area contributed by atoms with Crippen LogP contribution in [0.15, 0.2) is 66.7 Å². The summed E-state index contributed by atoms with van der Waals surface area (Å²) in [6, 6.07) is 17.1. The molecule has 1 fully saturated rings. The number of alkyl halides is 3. The third-order valence-electron chi connectivity index (χ3n) is 6.76. The number of nitrogens with zero attached hydrogens (tertiary/aromatic N) is 1. The summed E-state index contributed by atoms with van der Waals surface area (Å²) in [5, 5.41) is 10.2. The van der Waals surface area contributed by atoms with Gasteiger partial charge < -0.3 is 14.6 Å². The van der Waals surface area contributed by atoms with E-state index in [-0.39, 0.29) is 17.3 Å². The lowest BCUT2D eigenvalue weighted by Crippen LogP contribution is -2.27. The van der Waals surface area contributed by atoms with Gasteiger partial charge in [0, 0.05) is 39.2 Å². The zero-order chi connectivity index (χ0) is 28.4. The van der Waals surface area contributed by atoms with Gasteiger partial charge in [0.05, 0.1) is 0 Å².